The largest absolute Gasteiger partial charge is 0.353 e. The summed E-state index contributed by atoms with van der Waals surface area (Å²) in [6.45, 7) is 6.31. The number of aryl methyl sites for hydroxylation is 1. The highest BCUT2D eigenvalue weighted by molar-refractivity contribution is 7.99. The normalized spacial score (nSPS) is 12.2. The van der Waals surface area contributed by atoms with Gasteiger partial charge in [0.2, 0.25) is 5.91 Å². The van der Waals surface area contributed by atoms with Crippen LogP contribution < -0.4 is 5.32 Å². The van der Waals surface area contributed by atoms with Crippen LogP contribution in [0.3, 0.4) is 0 Å². The highest BCUT2D eigenvalue weighted by Crippen LogP contribution is 2.22. The van der Waals surface area contributed by atoms with Crippen LogP contribution in [0.15, 0.2) is 29.4 Å². The molecule has 1 aromatic carbocycles. The first-order valence-corrected chi connectivity index (χ1v) is 9.88. The van der Waals surface area contributed by atoms with Crippen LogP contribution in [0, 0.1) is 6.92 Å². The van der Waals surface area contributed by atoms with Gasteiger partial charge in [0.25, 0.3) is 0 Å². The number of hydrogen-bond donors (Lipinski definition) is 1. The molecule has 1 aromatic heterocycles. The van der Waals surface area contributed by atoms with Crippen molar-refractivity contribution < 1.29 is 4.79 Å². The fourth-order valence-corrected chi connectivity index (χ4v) is 3.34. The van der Waals surface area contributed by atoms with E-state index in [-0.39, 0.29) is 11.9 Å². The summed E-state index contributed by atoms with van der Waals surface area (Å²) < 4.78 is 1.94. The molecular formula is C19H28N4OS. The summed E-state index contributed by atoms with van der Waals surface area (Å²) in [4.78, 5) is 12.1. The molecule has 0 bridgehead atoms. The van der Waals surface area contributed by atoms with E-state index in [4.69, 9.17) is 0 Å². The van der Waals surface area contributed by atoms with E-state index in [1.807, 2.05) is 23.7 Å². The highest BCUT2D eigenvalue weighted by atomic mass is 32.2. The van der Waals surface area contributed by atoms with E-state index in [1.54, 1.807) is 0 Å². The number of nitrogens with one attached hydrogen (secondary N) is 1. The van der Waals surface area contributed by atoms with E-state index in [0.717, 1.165) is 29.4 Å². The number of carbonyl (C=O) groups is 1. The topological polar surface area (TPSA) is 59.8 Å². The van der Waals surface area contributed by atoms with Gasteiger partial charge in [0.15, 0.2) is 11.0 Å². The van der Waals surface area contributed by atoms with Crippen molar-refractivity contribution in [1.82, 2.24) is 20.1 Å². The van der Waals surface area contributed by atoms with Crippen molar-refractivity contribution in [3.63, 3.8) is 0 Å². The Morgan fingerprint density at radius 3 is 2.64 bits per heavy atom. The Balaban J connectivity index is 1.87. The first-order valence-electron chi connectivity index (χ1n) is 8.89. The molecule has 0 aliphatic heterocycles. The van der Waals surface area contributed by atoms with Gasteiger partial charge in [-0.2, -0.15) is 0 Å². The lowest BCUT2D eigenvalue weighted by Gasteiger charge is -2.13. The van der Waals surface area contributed by atoms with Crippen LogP contribution >= 0.6 is 11.8 Å². The number of aromatic nitrogens is 3. The molecule has 0 spiro atoms. The first kappa shape index (κ1) is 19.5. The van der Waals surface area contributed by atoms with Crippen LogP contribution in [-0.2, 0) is 11.8 Å². The lowest BCUT2D eigenvalue weighted by molar-refractivity contribution is -0.119. The van der Waals surface area contributed by atoms with Crippen LogP contribution in [0.4, 0.5) is 0 Å². The van der Waals surface area contributed by atoms with Gasteiger partial charge in [0, 0.05) is 18.7 Å². The van der Waals surface area contributed by atoms with Crippen molar-refractivity contribution in [1.29, 1.82) is 0 Å². The second-order valence-corrected chi connectivity index (χ2v) is 7.43. The third-order valence-corrected chi connectivity index (χ3v) is 5.15. The molecule has 136 valence electrons. The van der Waals surface area contributed by atoms with Gasteiger partial charge in [0.05, 0.1) is 5.75 Å². The van der Waals surface area contributed by atoms with Gasteiger partial charge in [0.1, 0.15) is 0 Å². The van der Waals surface area contributed by atoms with Crippen LogP contribution in [0.1, 0.15) is 45.1 Å². The van der Waals surface area contributed by atoms with Gasteiger partial charge in [-0.1, -0.05) is 67.8 Å². The van der Waals surface area contributed by atoms with Gasteiger partial charge in [-0.25, -0.2) is 0 Å². The molecule has 6 heteroatoms. The molecular weight excluding hydrogens is 332 g/mol. The summed E-state index contributed by atoms with van der Waals surface area (Å²) >= 11 is 1.42. The highest BCUT2D eigenvalue weighted by Gasteiger charge is 2.13. The zero-order chi connectivity index (χ0) is 18.2. The Hall–Kier alpha value is -1.82. The van der Waals surface area contributed by atoms with Crippen LogP contribution in [0.5, 0.6) is 0 Å². The molecule has 2 aromatic rings. The summed E-state index contributed by atoms with van der Waals surface area (Å²) in [6, 6.07) is 8.42. The minimum atomic E-state index is 0.0499. The van der Waals surface area contributed by atoms with Crippen molar-refractivity contribution >= 4 is 17.7 Å². The number of rotatable bonds is 9. The number of thioether (sulfide) groups is 1. The second kappa shape index (κ2) is 9.61. The fourth-order valence-electron chi connectivity index (χ4n) is 2.61. The van der Waals surface area contributed by atoms with Gasteiger partial charge in [-0.15, -0.1) is 10.2 Å². The van der Waals surface area contributed by atoms with Crippen molar-refractivity contribution in [3.8, 4) is 11.4 Å². The Morgan fingerprint density at radius 1 is 1.24 bits per heavy atom. The molecule has 5 nitrogen and oxygen atoms in total. The molecule has 0 saturated carbocycles. The lowest BCUT2D eigenvalue weighted by Crippen LogP contribution is -2.33. The fraction of sp³-hybridized carbons (Fsp3) is 0.526. The summed E-state index contributed by atoms with van der Waals surface area (Å²) in [5.74, 6) is 1.22. The molecule has 0 aliphatic rings. The number of carbonyl (C=O) groups excluding carboxylic acids is 1. The van der Waals surface area contributed by atoms with E-state index >= 15 is 0 Å². The van der Waals surface area contributed by atoms with E-state index in [2.05, 4.69) is 48.4 Å². The van der Waals surface area contributed by atoms with Gasteiger partial charge in [-0.05, 0) is 20.3 Å². The molecule has 0 radical (unpaired) electrons. The van der Waals surface area contributed by atoms with E-state index < -0.39 is 0 Å². The Labute approximate surface area is 154 Å². The zero-order valence-electron chi connectivity index (χ0n) is 15.6. The van der Waals surface area contributed by atoms with E-state index in [0.29, 0.717) is 5.75 Å². The predicted molar refractivity (Wildman–Crippen MR) is 104 cm³/mol. The van der Waals surface area contributed by atoms with Crippen LogP contribution in [-0.4, -0.2) is 32.5 Å². The minimum Gasteiger partial charge on any atom is -0.353 e. The lowest BCUT2D eigenvalue weighted by atomic mass is 10.1. The molecule has 1 atom stereocenters. The van der Waals surface area contributed by atoms with E-state index in [9.17, 15) is 4.79 Å². The molecule has 25 heavy (non-hydrogen) atoms. The maximum atomic E-state index is 12.1. The number of nitrogens with zero attached hydrogens (tertiary/aromatic N) is 3. The zero-order valence-corrected chi connectivity index (χ0v) is 16.4. The number of hydrogen-bond acceptors (Lipinski definition) is 4. The molecule has 1 unspecified atom stereocenters. The molecule has 1 amide bonds. The average molecular weight is 361 g/mol. The SMILES string of the molecule is CCCCCC(C)NC(=O)CSc1nnc(-c2ccc(C)cc2)n1C. The number of unbranched alkanes of at least 4 members (excludes halogenated alkanes) is 2. The molecule has 0 aliphatic carbocycles. The van der Waals surface area contributed by atoms with Crippen molar-refractivity contribution in [2.75, 3.05) is 5.75 Å². The standard InChI is InChI=1S/C19H28N4OS/c1-5-6-7-8-15(3)20-17(24)13-25-19-22-21-18(23(19)4)16-11-9-14(2)10-12-16/h9-12,15H,5-8,13H2,1-4H3,(H,20,24). The molecule has 2 rings (SSSR count). The summed E-state index contributed by atoms with van der Waals surface area (Å²) in [7, 11) is 1.93. The van der Waals surface area contributed by atoms with Crippen LogP contribution in [0.25, 0.3) is 11.4 Å². The summed E-state index contributed by atoms with van der Waals surface area (Å²) in [5, 5.41) is 12.3. The number of amides is 1. The van der Waals surface area contributed by atoms with Crippen LogP contribution in [0.2, 0.25) is 0 Å². The Bertz CT molecular complexity index is 681. The Kier molecular flexibility index (Phi) is 7.50. The molecule has 1 N–H and O–H groups in total. The molecule has 1 heterocycles. The van der Waals surface area contributed by atoms with Crippen molar-refractivity contribution in [2.24, 2.45) is 7.05 Å². The number of benzene rings is 1. The first-order chi connectivity index (χ1) is 12.0. The third-order valence-electron chi connectivity index (χ3n) is 4.13. The second-order valence-electron chi connectivity index (χ2n) is 6.48. The predicted octanol–water partition coefficient (Wildman–Crippen LogP) is 3.97. The maximum absolute atomic E-state index is 12.1. The maximum Gasteiger partial charge on any atom is 0.230 e. The average Bonchev–Trinajstić information content (AvgIpc) is 2.95. The van der Waals surface area contributed by atoms with Gasteiger partial charge < -0.3 is 9.88 Å². The smallest absolute Gasteiger partial charge is 0.230 e. The van der Waals surface area contributed by atoms with Crippen molar-refractivity contribution in [2.45, 2.75) is 57.7 Å². The molecule has 0 fully saturated rings. The Morgan fingerprint density at radius 2 is 1.96 bits per heavy atom. The summed E-state index contributed by atoms with van der Waals surface area (Å²) in [5.41, 5.74) is 2.24. The minimum absolute atomic E-state index is 0.0499. The van der Waals surface area contributed by atoms with Gasteiger partial charge >= 0.3 is 0 Å². The quantitative estimate of drug-likeness (QED) is 0.543. The van der Waals surface area contributed by atoms with Gasteiger partial charge in [-0.3, -0.25) is 4.79 Å². The third kappa shape index (κ3) is 5.88. The van der Waals surface area contributed by atoms with E-state index in [1.165, 1.54) is 30.2 Å². The molecule has 0 saturated heterocycles. The summed E-state index contributed by atoms with van der Waals surface area (Å²) in [6.07, 6.45) is 4.61. The monoisotopic (exact) mass is 360 g/mol. The van der Waals surface area contributed by atoms with Crippen molar-refractivity contribution in [3.05, 3.63) is 29.8 Å².